The molecular weight excluding hydrogens is 928 g/mol. The van der Waals surface area contributed by atoms with Gasteiger partial charge in [-0.15, -0.1) is 0 Å². The van der Waals surface area contributed by atoms with Gasteiger partial charge < -0.3 is 28.5 Å². The normalized spacial score (nSPS) is 14.6. The molecule has 0 aliphatic heterocycles. The van der Waals surface area contributed by atoms with Crippen molar-refractivity contribution in [3.63, 3.8) is 0 Å². The summed E-state index contributed by atoms with van der Waals surface area (Å²) >= 11 is 0. The summed E-state index contributed by atoms with van der Waals surface area (Å²) in [5.74, 6) is -0.614. The fourth-order valence-corrected chi connectivity index (χ4v) is 8.41. The van der Waals surface area contributed by atoms with Crippen molar-refractivity contribution in [1.29, 1.82) is 0 Å². The van der Waals surface area contributed by atoms with Gasteiger partial charge in [-0.05, 0) is 109 Å². The van der Waals surface area contributed by atoms with Crippen molar-refractivity contribution < 1.29 is 37.3 Å². The van der Waals surface area contributed by atoms with Crippen LogP contribution >= 0.6 is 7.82 Å². The zero-order chi connectivity index (χ0) is 53.6. The average Bonchev–Trinajstić information content (AvgIpc) is 3.35. The molecule has 73 heavy (non-hydrogen) atoms. The SMILES string of the molecule is CC/C=C\C/C=C\C/C=C\C/C=C\C/C=C\C/C=C\CCCCC(=O)OC(/C=C\CCCCCCCCCCC)C(COP(=O)([O-])OCC[N+](C)(C)C)NC(=O)CCCCCCCC/C=C/C=C/CCCCC. The van der Waals surface area contributed by atoms with Crippen molar-refractivity contribution in [2.24, 2.45) is 0 Å². The van der Waals surface area contributed by atoms with Crippen molar-refractivity contribution in [2.75, 3.05) is 40.9 Å². The molecule has 0 aliphatic rings. The van der Waals surface area contributed by atoms with Crippen molar-refractivity contribution in [3.8, 4) is 0 Å². The van der Waals surface area contributed by atoms with E-state index in [2.05, 4.69) is 123 Å². The number of hydrogen-bond acceptors (Lipinski definition) is 7. The molecule has 0 bridgehead atoms. The summed E-state index contributed by atoms with van der Waals surface area (Å²) in [6.45, 7) is 6.63. The maximum absolute atomic E-state index is 13.5. The summed E-state index contributed by atoms with van der Waals surface area (Å²) in [6.07, 6.45) is 70.5. The monoisotopic (exact) mass is 1040 g/mol. The molecule has 418 valence electrons. The summed E-state index contributed by atoms with van der Waals surface area (Å²) in [5, 5.41) is 3.00. The number of quaternary nitrogens is 1. The minimum atomic E-state index is -4.71. The van der Waals surface area contributed by atoms with Crippen LogP contribution in [0.3, 0.4) is 0 Å². The molecule has 10 heteroatoms. The van der Waals surface area contributed by atoms with Gasteiger partial charge >= 0.3 is 5.97 Å². The number of nitrogens with one attached hydrogen (secondary N) is 1. The van der Waals surface area contributed by atoms with E-state index in [-0.39, 0.29) is 25.4 Å². The number of amides is 1. The van der Waals surface area contributed by atoms with E-state index in [1.165, 1.54) is 64.2 Å². The standard InChI is InChI=1S/C63H109N2O7P/c1-7-10-13-16-19-22-25-27-29-30-31-32-33-34-36-38-41-44-47-50-53-56-63(67)72-61(54-51-48-45-42-39-24-21-18-15-12-9-3)60(59-71-73(68,69)70-58-57-65(4,5)6)64-62(66)55-52-49-46-43-40-37-35-28-26-23-20-17-14-11-8-2/h10,13,19-20,22-23,26-29,31-32,34,36,41,44,51,54,60-61H,7-9,11-12,14-18,21,24-25,30,33,35,37-40,42-43,45-50,52-53,55-59H2,1-6H3,(H-,64,66,68,69)/b13-10-,22-19-,23-20+,28-26+,29-27-,32-31-,36-34-,44-41-,54-51-. The zero-order valence-corrected chi connectivity index (χ0v) is 48.4. The van der Waals surface area contributed by atoms with Crippen molar-refractivity contribution in [1.82, 2.24) is 5.32 Å². The van der Waals surface area contributed by atoms with Gasteiger partial charge in [-0.1, -0.05) is 214 Å². The molecule has 0 rings (SSSR count). The summed E-state index contributed by atoms with van der Waals surface area (Å²) in [5.41, 5.74) is 0. The lowest BCUT2D eigenvalue weighted by Crippen LogP contribution is -2.47. The number of rotatable bonds is 51. The number of ether oxygens (including phenoxy) is 1. The van der Waals surface area contributed by atoms with Crippen LogP contribution in [0.25, 0.3) is 0 Å². The Morgan fingerprint density at radius 3 is 1.44 bits per heavy atom. The molecule has 0 fully saturated rings. The van der Waals surface area contributed by atoms with Gasteiger partial charge in [-0.2, -0.15) is 0 Å². The van der Waals surface area contributed by atoms with Crippen LogP contribution in [0, 0.1) is 0 Å². The van der Waals surface area contributed by atoms with Crippen LogP contribution in [-0.2, 0) is 27.9 Å². The van der Waals surface area contributed by atoms with Crippen LogP contribution in [0.15, 0.2) is 109 Å². The Labute approximate surface area is 449 Å². The molecule has 0 heterocycles. The highest BCUT2D eigenvalue weighted by molar-refractivity contribution is 7.45. The second kappa shape index (κ2) is 52.1. The van der Waals surface area contributed by atoms with E-state index in [9.17, 15) is 19.0 Å². The topological polar surface area (TPSA) is 114 Å². The molecule has 9 nitrogen and oxygen atoms in total. The number of carbonyl (C=O) groups excluding carboxylic acids is 2. The first kappa shape index (κ1) is 69.7. The molecule has 1 amide bonds. The maximum atomic E-state index is 13.5. The van der Waals surface area contributed by atoms with Crippen molar-refractivity contribution in [2.45, 2.75) is 238 Å². The third-order valence-corrected chi connectivity index (χ3v) is 13.2. The van der Waals surface area contributed by atoms with Crippen LogP contribution in [0.5, 0.6) is 0 Å². The van der Waals surface area contributed by atoms with E-state index in [0.717, 1.165) is 116 Å². The van der Waals surface area contributed by atoms with Crippen molar-refractivity contribution in [3.05, 3.63) is 109 Å². The summed E-state index contributed by atoms with van der Waals surface area (Å²) in [7, 11) is 1.13. The fraction of sp³-hybridized carbons (Fsp3) is 0.683. The van der Waals surface area contributed by atoms with Gasteiger partial charge in [0.2, 0.25) is 5.91 Å². The molecular formula is C63H109N2O7P. The molecule has 0 saturated heterocycles. The first-order valence-corrected chi connectivity index (χ1v) is 30.7. The molecule has 0 aromatic carbocycles. The number of phosphoric acid groups is 1. The number of carbonyl (C=O) groups is 2. The Balaban J connectivity index is 5.39. The summed E-state index contributed by atoms with van der Waals surface area (Å²) in [4.78, 5) is 39.8. The van der Waals surface area contributed by atoms with Crippen LogP contribution in [0.4, 0.5) is 0 Å². The minimum Gasteiger partial charge on any atom is -0.756 e. The Hall–Kier alpha value is -3.33. The molecule has 0 spiro atoms. The molecule has 0 aromatic rings. The van der Waals surface area contributed by atoms with E-state index in [0.29, 0.717) is 23.9 Å². The van der Waals surface area contributed by atoms with Crippen LogP contribution in [0.2, 0.25) is 0 Å². The fourth-order valence-electron chi connectivity index (χ4n) is 7.69. The third-order valence-electron chi connectivity index (χ3n) is 12.2. The lowest BCUT2D eigenvalue weighted by Gasteiger charge is -2.30. The number of esters is 1. The lowest BCUT2D eigenvalue weighted by atomic mass is 10.1. The number of likely N-dealkylation sites (N-methyl/N-ethyl adjacent to an activating group) is 1. The van der Waals surface area contributed by atoms with Crippen LogP contribution in [-0.4, -0.2) is 69.4 Å². The molecule has 0 aromatic heterocycles. The summed E-state index contributed by atoms with van der Waals surface area (Å²) < 4.78 is 30.2. The summed E-state index contributed by atoms with van der Waals surface area (Å²) in [6, 6.07) is -0.918. The Kier molecular flexibility index (Phi) is 49.7. The van der Waals surface area contributed by atoms with Crippen LogP contribution < -0.4 is 10.2 Å². The van der Waals surface area contributed by atoms with E-state index in [1.54, 1.807) is 6.08 Å². The first-order valence-electron chi connectivity index (χ1n) is 29.2. The predicted molar refractivity (Wildman–Crippen MR) is 311 cm³/mol. The number of nitrogens with zero attached hydrogens (tertiary/aromatic N) is 1. The Morgan fingerprint density at radius 1 is 0.507 bits per heavy atom. The van der Waals surface area contributed by atoms with Crippen molar-refractivity contribution >= 4 is 19.7 Å². The van der Waals surface area contributed by atoms with Gasteiger partial charge in [0, 0.05) is 12.8 Å². The van der Waals surface area contributed by atoms with E-state index < -0.39 is 32.5 Å². The van der Waals surface area contributed by atoms with E-state index in [1.807, 2.05) is 27.2 Å². The molecule has 1 N–H and O–H groups in total. The highest BCUT2D eigenvalue weighted by atomic mass is 31.2. The quantitative estimate of drug-likeness (QED) is 0.0161. The van der Waals surface area contributed by atoms with E-state index in [4.69, 9.17) is 13.8 Å². The minimum absolute atomic E-state index is 0.0375. The highest BCUT2D eigenvalue weighted by Gasteiger charge is 2.27. The third kappa shape index (κ3) is 53.3. The maximum Gasteiger partial charge on any atom is 0.306 e. The van der Waals surface area contributed by atoms with Gasteiger partial charge in [0.05, 0.1) is 33.8 Å². The zero-order valence-electron chi connectivity index (χ0n) is 47.5. The number of hydrogen-bond donors (Lipinski definition) is 1. The largest absolute Gasteiger partial charge is 0.756 e. The van der Waals surface area contributed by atoms with Crippen LogP contribution in [0.1, 0.15) is 226 Å². The van der Waals surface area contributed by atoms with Gasteiger partial charge in [-0.25, -0.2) is 0 Å². The van der Waals surface area contributed by atoms with Gasteiger partial charge in [0.15, 0.2) is 0 Å². The average molecular weight is 1040 g/mol. The molecule has 0 saturated carbocycles. The first-order chi connectivity index (χ1) is 35.4. The highest BCUT2D eigenvalue weighted by Crippen LogP contribution is 2.38. The molecule has 0 radical (unpaired) electrons. The van der Waals surface area contributed by atoms with Gasteiger partial charge in [0.25, 0.3) is 7.82 Å². The van der Waals surface area contributed by atoms with E-state index >= 15 is 0 Å². The lowest BCUT2D eigenvalue weighted by molar-refractivity contribution is -0.870. The predicted octanol–water partition coefficient (Wildman–Crippen LogP) is 17.1. The van der Waals surface area contributed by atoms with Gasteiger partial charge in [0.1, 0.15) is 19.3 Å². The molecule has 3 unspecified atom stereocenters. The Morgan fingerprint density at radius 2 is 0.918 bits per heavy atom. The van der Waals surface area contributed by atoms with Gasteiger partial charge in [-0.3, -0.25) is 14.2 Å². The Bertz CT molecular complexity index is 1620. The molecule has 0 aliphatic carbocycles. The second-order valence-corrected chi connectivity index (χ2v) is 21.8. The number of phosphoric ester groups is 1. The second-order valence-electron chi connectivity index (χ2n) is 20.4. The molecule has 3 atom stereocenters. The number of allylic oxidation sites excluding steroid dienone is 17. The number of unbranched alkanes of at least 4 members (excludes halogenated alkanes) is 20. The smallest absolute Gasteiger partial charge is 0.306 e.